The van der Waals surface area contributed by atoms with E-state index in [1.807, 2.05) is 90.1 Å². The van der Waals surface area contributed by atoms with Gasteiger partial charge in [0.1, 0.15) is 11.8 Å². The van der Waals surface area contributed by atoms with Crippen LogP contribution in [-0.4, -0.2) is 68.7 Å². The molecule has 0 aromatic heterocycles. The summed E-state index contributed by atoms with van der Waals surface area (Å²) in [5.41, 5.74) is 1.27. The third-order valence-corrected chi connectivity index (χ3v) is 7.68. The van der Waals surface area contributed by atoms with E-state index in [0.717, 1.165) is 11.1 Å². The molecule has 0 spiro atoms. The maximum Gasteiger partial charge on any atom is 0.258 e. The SMILES string of the molecule is Cc1ccccc1OCC(=O)N[C@@H](Cc1ccccc1)[C@H](O)C(=O)N1CSC(C)(C)[C@H]1C(=O)NC(C)(C)C. The van der Waals surface area contributed by atoms with Gasteiger partial charge in [0.05, 0.1) is 11.9 Å². The van der Waals surface area contributed by atoms with Gasteiger partial charge < -0.3 is 25.4 Å². The quantitative estimate of drug-likeness (QED) is 0.451. The minimum atomic E-state index is -1.56. The van der Waals surface area contributed by atoms with E-state index in [0.29, 0.717) is 5.75 Å². The number of nitrogens with one attached hydrogen (secondary N) is 2. The van der Waals surface area contributed by atoms with Crippen molar-refractivity contribution in [2.45, 2.75) is 76.4 Å². The summed E-state index contributed by atoms with van der Waals surface area (Å²) in [6, 6.07) is 15.0. The van der Waals surface area contributed by atoms with Crippen LogP contribution in [0.1, 0.15) is 45.7 Å². The molecular weight excluding hydrogens is 502 g/mol. The first-order chi connectivity index (χ1) is 17.8. The van der Waals surface area contributed by atoms with Gasteiger partial charge in [-0.1, -0.05) is 48.5 Å². The molecule has 1 fully saturated rings. The monoisotopic (exact) mass is 541 g/mol. The van der Waals surface area contributed by atoms with Gasteiger partial charge in [-0.25, -0.2) is 0 Å². The minimum absolute atomic E-state index is 0.229. The Morgan fingerprint density at radius 3 is 2.37 bits per heavy atom. The smallest absolute Gasteiger partial charge is 0.258 e. The van der Waals surface area contributed by atoms with Crippen molar-refractivity contribution < 1.29 is 24.2 Å². The van der Waals surface area contributed by atoms with Crippen molar-refractivity contribution in [3.63, 3.8) is 0 Å². The molecule has 8 nitrogen and oxygen atoms in total. The van der Waals surface area contributed by atoms with Gasteiger partial charge in [-0.15, -0.1) is 11.8 Å². The lowest BCUT2D eigenvalue weighted by molar-refractivity contribution is -0.148. The van der Waals surface area contributed by atoms with Crippen LogP contribution in [0.3, 0.4) is 0 Å². The summed E-state index contributed by atoms with van der Waals surface area (Å²) in [4.78, 5) is 41.2. The molecule has 2 aromatic carbocycles. The molecule has 1 aliphatic heterocycles. The van der Waals surface area contributed by atoms with E-state index in [9.17, 15) is 19.5 Å². The van der Waals surface area contributed by atoms with Gasteiger partial charge in [0.2, 0.25) is 5.91 Å². The fourth-order valence-electron chi connectivity index (χ4n) is 4.41. The Labute approximate surface area is 229 Å². The molecule has 1 aliphatic rings. The number of aliphatic hydroxyl groups is 1. The Kier molecular flexibility index (Phi) is 9.49. The van der Waals surface area contributed by atoms with E-state index < -0.39 is 40.3 Å². The van der Waals surface area contributed by atoms with Crippen LogP contribution in [0.25, 0.3) is 0 Å². The predicted octanol–water partition coefficient (Wildman–Crippen LogP) is 3.06. The van der Waals surface area contributed by atoms with Gasteiger partial charge in [-0.05, 0) is 65.2 Å². The number of nitrogens with zero attached hydrogens (tertiary/aromatic N) is 1. The van der Waals surface area contributed by atoms with E-state index in [2.05, 4.69) is 10.6 Å². The van der Waals surface area contributed by atoms with Crippen molar-refractivity contribution in [3.8, 4) is 5.75 Å². The van der Waals surface area contributed by atoms with Gasteiger partial charge in [0, 0.05) is 10.3 Å². The van der Waals surface area contributed by atoms with E-state index in [-0.39, 0.29) is 24.8 Å². The fraction of sp³-hybridized carbons (Fsp3) is 0.483. The van der Waals surface area contributed by atoms with Crippen molar-refractivity contribution in [3.05, 3.63) is 65.7 Å². The summed E-state index contributed by atoms with van der Waals surface area (Å²) in [5, 5.41) is 17.1. The number of aryl methyl sites for hydroxylation is 1. The summed E-state index contributed by atoms with van der Waals surface area (Å²) in [6.07, 6.45) is -1.33. The number of carbonyl (C=O) groups excluding carboxylic acids is 3. The average molecular weight is 542 g/mol. The number of hydrogen-bond acceptors (Lipinski definition) is 6. The summed E-state index contributed by atoms with van der Waals surface area (Å²) in [6.45, 7) is 11.1. The van der Waals surface area contributed by atoms with Gasteiger partial charge >= 0.3 is 0 Å². The third-order valence-electron chi connectivity index (χ3n) is 6.31. The Morgan fingerprint density at radius 2 is 1.74 bits per heavy atom. The largest absolute Gasteiger partial charge is 0.484 e. The van der Waals surface area contributed by atoms with Crippen LogP contribution >= 0.6 is 11.8 Å². The zero-order valence-corrected chi connectivity index (χ0v) is 23.8. The molecule has 2 aromatic rings. The molecule has 38 heavy (non-hydrogen) atoms. The summed E-state index contributed by atoms with van der Waals surface area (Å²) in [5.74, 6) is -0.489. The second-order valence-corrected chi connectivity index (χ2v) is 12.8. The fourth-order valence-corrected chi connectivity index (χ4v) is 5.55. The number of thioether (sulfide) groups is 1. The standard InChI is InChI=1S/C29H39N3O5S/c1-19-12-10-11-15-22(19)37-17-23(33)30-21(16-20-13-8-7-9-14-20)24(34)27(36)32-18-38-29(5,6)25(32)26(35)31-28(2,3)4/h7-15,21,24-25,34H,16-18H2,1-6H3,(H,30,33)(H,31,35)/t21-,24-,25+/m0/s1. The molecule has 0 radical (unpaired) electrons. The van der Waals surface area contributed by atoms with Crippen molar-refractivity contribution >= 4 is 29.5 Å². The molecule has 0 saturated carbocycles. The average Bonchev–Trinajstić information content (AvgIpc) is 3.16. The van der Waals surface area contributed by atoms with Crippen molar-refractivity contribution in [2.75, 3.05) is 12.5 Å². The summed E-state index contributed by atoms with van der Waals surface area (Å²) < 4.78 is 5.12. The van der Waals surface area contributed by atoms with E-state index in [1.54, 1.807) is 6.07 Å². The molecule has 0 aliphatic carbocycles. The zero-order valence-electron chi connectivity index (χ0n) is 23.0. The van der Waals surface area contributed by atoms with E-state index >= 15 is 0 Å². The number of aliphatic hydroxyl groups excluding tert-OH is 1. The van der Waals surface area contributed by atoms with Crippen LogP contribution in [0.4, 0.5) is 0 Å². The Bertz CT molecular complexity index is 1130. The topological polar surface area (TPSA) is 108 Å². The molecular formula is C29H39N3O5S. The number of carbonyl (C=O) groups is 3. The predicted molar refractivity (Wildman–Crippen MR) is 150 cm³/mol. The number of amides is 3. The molecule has 206 valence electrons. The first-order valence-corrected chi connectivity index (χ1v) is 13.7. The minimum Gasteiger partial charge on any atom is -0.484 e. The highest BCUT2D eigenvalue weighted by atomic mass is 32.2. The van der Waals surface area contributed by atoms with Crippen LogP contribution < -0.4 is 15.4 Å². The van der Waals surface area contributed by atoms with Gasteiger partial charge in [0.15, 0.2) is 12.7 Å². The third kappa shape index (κ3) is 7.74. The van der Waals surface area contributed by atoms with Crippen molar-refractivity contribution in [1.29, 1.82) is 0 Å². The van der Waals surface area contributed by atoms with Crippen molar-refractivity contribution in [2.24, 2.45) is 0 Å². The lowest BCUT2D eigenvalue weighted by Crippen LogP contribution is -2.60. The van der Waals surface area contributed by atoms with Crippen LogP contribution in [0.2, 0.25) is 0 Å². The van der Waals surface area contributed by atoms with Gasteiger partial charge in [-0.3, -0.25) is 14.4 Å². The van der Waals surface area contributed by atoms with Crippen LogP contribution in [0.15, 0.2) is 54.6 Å². The van der Waals surface area contributed by atoms with Crippen LogP contribution in [0, 0.1) is 6.92 Å². The second-order valence-electron chi connectivity index (χ2n) is 11.2. The number of benzene rings is 2. The molecule has 0 unspecified atom stereocenters. The maximum absolute atomic E-state index is 13.7. The zero-order chi connectivity index (χ0) is 28.1. The van der Waals surface area contributed by atoms with Crippen molar-refractivity contribution in [1.82, 2.24) is 15.5 Å². The molecule has 3 rings (SSSR count). The number of ether oxygens (including phenoxy) is 1. The van der Waals surface area contributed by atoms with Gasteiger partial charge in [0.25, 0.3) is 11.8 Å². The number of rotatable bonds is 9. The van der Waals surface area contributed by atoms with E-state index in [4.69, 9.17) is 4.74 Å². The van der Waals surface area contributed by atoms with E-state index in [1.165, 1.54) is 16.7 Å². The molecule has 1 heterocycles. The normalized spacial score (nSPS) is 18.4. The highest BCUT2D eigenvalue weighted by Crippen LogP contribution is 2.40. The molecule has 3 N–H and O–H groups in total. The highest BCUT2D eigenvalue weighted by molar-refractivity contribution is 8.00. The summed E-state index contributed by atoms with van der Waals surface area (Å²) in [7, 11) is 0. The lowest BCUT2D eigenvalue weighted by atomic mass is 9.96. The number of para-hydroxylation sites is 1. The molecule has 1 saturated heterocycles. The first kappa shape index (κ1) is 29.5. The molecule has 3 amide bonds. The second kappa shape index (κ2) is 12.2. The lowest BCUT2D eigenvalue weighted by Gasteiger charge is -2.35. The Hall–Kier alpha value is -3.04. The maximum atomic E-state index is 13.7. The Balaban J connectivity index is 1.78. The number of hydrogen-bond donors (Lipinski definition) is 3. The molecule has 3 atom stereocenters. The molecule has 9 heteroatoms. The highest BCUT2D eigenvalue weighted by Gasteiger charge is 2.50. The van der Waals surface area contributed by atoms with Gasteiger partial charge in [-0.2, -0.15) is 0 Å². The molecule has 0 bridgehead atoms. The first-order valence-electron chi connectivity index (χ1n) is 12.7. The van der Waals surface area contributed by atoms with Crippen LogP contribution in [0.5, 0.6) is 5.75 Å². The summed E-state index contributed by atoms with van der Waals surface area (Å²) >= 11 is 1.48. The Morgan fingerprint density at radius 1 is 1.11 bits per heavy atom. The van der Waals surface area contributed by atoms with Crippen LogP contribution in [-0.2, 0) is 20.8 Å².